The van der Waals surface area contributed by atoms with Crippen molar-refractivity contribution in [1.29, 1.82) is 0 Å². The van der Waals surface area contributed by atoms with Crippen LogP contribution >= 0.6 is 0 Å². The van der Waals surface area contributed by atoms with Gasteiger partial charge in [-0.15, -0.1) is 0 Å². The number of hydrogen-bond donors (Lipinski definition) is 1. The summed E-state index contributed by atoms with van der Waals surface area (Å²) in [5.41, 5.74) is 4.93. The molecule has 0 radical (unpaired) electrons. The van der Waals surface area contributed by atoms with Crippen molar-refractivity contribution in [3.63, 3.8) is 0 Å². The summed E-state index contributed by atoms with van der Waals surface area (Å²) in [7, 11) is 1.64. The zero-order chi connectivity index (χ0) is 23.9. The van der Waals surface area contributed by atoms with Gasteiger partial charge in [-0.05, 0) is 56.2 Å². The van der Waals surface area contributed by atoms with E-state index < -0.39 is 0 Å². The van der Waals surface area contributed by atoms with Crippen LogP contribution in [0.3, 0.4) is 0 Å². The van der Waals surface area contributed by atoms with Crippen LogP contribution in [0.15, 0.2) is 66.7 Å². The maximum Gasteiger partial charge on any atom is 0.251 e. The molecule has 0 atom stereocenters. The zero-order valence-corrected chi connectivity index (χ0v) is 20.0. The summed E-state index contributed by atoms with van der Waals surface area (Å²) in [5.74, 6) is 2.41. The molecule has 0 aliphatic heterocycles. The number of fused-ring (bicyclic) bond motifs is 1. The fraction of sp³-hybridized carbons (Fsp3) is 0.286. The Bertz CT molecular complexity index is 1280. The Labute approximate surface area is 200 Å². The summed E-state index contributed by atoms with van der Waals surface area (Å²) < 4.78 is 13.6. The summed E-state index contributed by atoms with van der Waals surface area (Å²) in [6, 6.07) is 21.7. The van der Waals surface area contributed by atoms with Gasteiger partial charge in [0.05, 0.1) is 24.7 Å². The number of hydrogen-bond acceptors (Lipinski definition) is 4. The number of carbonyl (C=O) groups excluding carboxylic acids is 1. The van der Waals surface area contributed by atoms with Crippen molar-refractivity contribution in [3.05, 3.63) is 89.2 Å². The first-order valence-corrected chi connectivity index (χ1v) is 11.6. The molecule has 6 nitrogen and oxygen atoms in total. The highest BCUT2D eigenvalue weighted by molar-refractivity contribution is 5.95. The molecule has 1 amide bonds. The number of aromatic nitrogens is 2. The summed E-state index contributed by atoms with van der Waals surface area (Å²) in [5, 5.41) is 3.05. The van der Waals surface area contributed by atoms with Gasteiger partial charge in [0.1, 0.15) is 12.4 Å². The number of carbonyl (C=O) groups is 1. The summed E-state index contributed by atoms with van der Waals surface area (Å²) >= 11 is 0. The molecular formula is C28H31N3O3. The van der Waals surface area contributed by atoms with E-state index in [2.05, 4.69) is 16.0 Å². The Balaban J connectivity index is 1.38. The summed E-state index contributed by atoms with van der Waals surface area (Å²) in [6.07, 6.45) is 1.56. The average Bonchev–Trinajstić information content (AvgIpc) is 3.19. The Morgan fingerprint density at radius 1 is 1.00 bits per heavy atom. The van der Waals surface area contributed by atoms with Crippen LogP contribution in [0.4, 0.5) is 0 Å². The smallest absolute Gasteiger partial charge is 0.251 e. The molecule has 34 heavy (non-hydrogen) atoms. The van der Waals surface area contributed by atoms with Crippen LogP contribution < -0.4 is 14.8 Å². The molecule has 0 saturated heterocycles. The number of methoxy groups -OCH3 is 1. The van der Waals surface area contributed by atoms with E-state index >= 15 is 0 Å². The quantitative estimate of drug-likeness (QED) is 0.336. The third-order valence-electron chi connectivity index (χ3n) is 5.86. The van der Waals surface area contributed by atoms with Crippen LogP contribution in [0.5, 0.6) is 11.5 Å². The molecule has 0 spiro atoms. The third-order valence-corrected chi connectivity index (χ3v) is 5.86. The fourth-order valence-corrected chi connectivity index (χ4v) is 4.16. The van der Waals surface area contributed by atoms with E-state index in [1.54, 1.807) is 7.11 Å². The van der Waals surface area contributed by atoms with Gasteiger partial charge in [0.2, 0.25) is 0 Å². The number of aryl methyl sites for hydroxylation is 3. The van der Waals surface area contributed by atoms with Gasteiger partial charge in [0.15, 0.2) is 11.5 Å². The van der Waals surface area contributed by atoms with Gasteiger partial charge in [-0.2, -0.15) is 0 Å². The number of benzene rings is 3. The van der Waals surface area contributed by atoms with Crippen molar-refractivity contribution in [2.24, 2.45) is 0 Å². The van der Waals surface area contributed by atoms with Gasteiger partial charge in [-0.3, -0.25) is 4.79 Å². The van der Waals surface area contributed by atoms with Gasteiger partial charge in [-0.1, -0.05) is 42.0 Å². The highest BCUT2D eigenvalue weighted by atomic mass is 16.5. The van der Waals surface area contributed by atoms with Crippen LogP contribution in [0.2, 0.25) is 0 Å². The minimum Gasteiger partial charge on any atom is -0.493 e. The number of imidazole rings is 1. The van der Waals surface area contributed by atoms with Crippen LogP contribution in [0, 0.1) is 13.8 Å². The van der Waals surface area contributed by atoms with Gasteiger partial charge in [0, 0.05) is 18.5 Å². The Hall–Kier alpha value is -3.80. The van der Waals surface area contributed by atoms with Gasteiger partial charge < -0.3 is 19.4 Å². The van der Waals surface area contributed by atoms with Crippen molar-refractivity contribution < 1.29 is 14.3 Å². The molecular weight excluding hydrogens is 426 g/mol. The average molecular weight is 458 g/mol. The Kier molecular flexibility index (Phi) is 7.48. The van der Waals surface area contributed by atoms with Gasteiger partial charge in [-0.25, -0.2) is 4.98 Å². The van der Waals surface area contributed by atoms with Crippen molar-refractivity contribution >= 4 is 16.9 Å². The van der Waals surface area contributed by atoms with E-state index in [1.165, 1.54) is 0 Å². The predicted octanol–water partition coefficient (Wildman–Crippen LogP) is 5.10. The van der Waals surface area contributed by atoms with E-state index in [9.17, 15) is 4.79 Å². The molecule has 6 heteroatoms. The van der Waals surface area contributed by atoms with Crippen LogP contribution in [-0.2, 0) is 13.0 Å². The molecule has 4 aromatic rings. The highest BCUT2D eigenvalue weighted by Gasteiger charge is 2.12. The van der Waals surface area contributed by atoms with Gasteiger partial charge in [0.25, 0.3) is 5.91 Å². The fourth-order valence-electron chi connectivity index (χ4n) is 4.16. The maximum absolute atomic E-state index is 12.6. The lowest BCUT2D eigenvalue weighted by Crippen LogP contribution is -2.25. The molecule has 4 rings (SSSR count). The minimum absolute atomic E-state index is 0.0313. The van der Waals surface area contributed by atoms with Crippen LogP contribution in [0.1, 0.15) is 33.7 Å². The Morgan fingerprint density at radius 2 is 1.76 bits per heavy atom. The van der Waals surface area contributed by atoms with Crippen molar-refractivity contribution in [2.75, 3.05) is 20.3 Å². The molecule has 176 valence electrons. The normalized spacial score (nSPS) is 10.9. The van der Waals surface area contributed by atoms with E-state index in [4.69, 9.17) is 14.5 Å². The first kappa shape index (κ1) is 23.4. The second-order valence-corrected chi connectivity index (χ2v) is 8.35. The van der Waals surface area contributed by atoms with Crippen LogP contribution in [-0.4, -0.2) is 35.7 Å². The SMILES string of the molecule is COc1ccccc1OCCn1c(CCCNC(=O)c2ccc(C)cc2C)nc2ccccc21. The molecule has 0 aliphatic carbocycles. The molecule has 1 aromatic heterocycles. The molecule has 0 saturated carbocycles. The van der Waals surface area contributed by atoms with E-state index in [1.807, 2.05) is 74.5 Å². The molecule has 1 heterocycles. The lowest BCUT2D eigenvalue weighted by Gasteiger charge is -2.13. The number of rotatable bonds is 10. The van der Waals surface area contributed by atoms with E-state index in [0.717, 1.165) is 57.9 Å². The van der Waals surface area contributed by atoms with Crippen LogP contribution in [0.25, 0.3) is 11.0 Å². The zero-order valence-electron chi connectivity index (χ0n) is 20.0. The lowest BCUT2D eigenvalue weighted by atomic mass is 10.1. The van der Waals surface area contributed by atoms with Crippen molar-refractivity contribution in [3.8, 4) is 11.5 Å². The molecule has 1 N–H and O–H groups in total. The van der Waals surface area contributed by atoms with E-state index in [0.29, 0.717) is 19.7 Å². The predicted molar refractivity (Wildman–Crippen MR) is 135 cm³/mol. The second kappa shape index (κ2) is 10.9. The highest BCUT2D eigenvalue weighted by Crippen LogP contribution is 2.26. The third kappa shape index (κ3) is 5.39. The molecule has 0 unspecified atom stereocenters. The molecule has 0 bridgehead atoms. The molecule has 0 fully saturated rings. The minimum atomic E-state index is -0.0313. The van der Waals surface area contributed by atoms with E-state index in [-0.39, 0.29) is 5.91 Å². The van der Waals surface area contributed by atoms with Crippen molar-refractivity contribution in [1.82, 2.24) is 14.9 Å². The molecule has 3 aromatic carbocycles. The summed E-state index contributed by atoms with van der Waals surface area (Å²) in [6.45, 7) is 5.76. The standard InChI is InChI=1S/C28H31N3O3/c1-20-14-15-22(21(2)19-20)28(32)29-16-8-13-27-30-23-9-4-5-10-24(23)31(27)17-18-34-26-12-7-6-11-25(26)33-3/h4-7,9-12,14-15,19H,8,13,16-18H2,1-3H3,(H,29,32). The monoisotopic (exact) mass is 457 g/mol. The maximum atomic E-state index is 12.6. The largest absolute Gasteiger partial charge is 0.493 e. The number of amides is 1. The lowest BCUT2D eigenvalue weighted by molar-refractivity contribution is 0.0952. The number of nitrogens with zero attached hydrogens (tertiary/aromatic N) is 2. The number of nitrogens with one attached hydrogen (secondary N) is 1. The molecule has 0 aliphatic rings. The Morgan fingerprint density at radius 3 is 2.56 bits per heavy atom. The summed E-state index contributed by atoms with van der Waals surface area (Å²) in [4.78, 5) is 17.4. The number of ether oxygens (including phenoxy) is 2. The van der Waals surface area contributed by atoms with Gasteiger partial charge >= 0.3 is 0 Å². The van der Waals surface area contributed by atoms with Crippen molar-refractivity contribution in [2.45, 2.75) is 33.2 Å². The first-order valence-electron chi connectivity index (χ1n) is 11.6. The topological polar surface area (TPSA) is 65.4 Å². The first-order chi connectivity index (χ1) is 16.6. The second-order valence-electron chi connectivity index (χ2n) is 8.35. The number of para-hydroxylation sites is 4.